The third-order valence-electron chi connectivity index (χ3n) is 1.98. The number of hydrogen-bond donors (Lipinski definition) is 0. The number of thioether (sulfide) groups is 2. The van der Waals surface area contributed by atoms with Gasteiger partial charge in [0.25, 0.3) is 0 Å². The molecule has 0 amide bonds. The number of nitrogens with zero attached hydrogens (tertiary/aromatic N) is 4. The molecule has 0 N–H and O–H groups in total. The molecule has 0 unspecified atom stereocenters. The molecule has 0 saturated heterocycles. The maximum atomic E-state index is 5.29. The highest BCUT2D eigenvalue weighted by Crippen LogP contribution is 2.15. The molecule has 0 saturated carbocycles. The van der Waals surface area contributed by atoms with Crippen molar-refractivity contribution in [3.63, 3.8) is 0 Å². The molecular formula is C11H10N4O2S3. The van der Waals surface area contributed by atoms with Gasteiger partial charge in [-0.15, -0.1) is 0 Å². The van der Waals surface area contributed by atoms with Crippen LogP contribution in [0.3, 0.4) is 0 Å². The molecule has 0 aliphatic rings. The lowest BCUT2D eigenvalue weighted by atomic mass is 10.6. The molecule has 0 aliphatic heterocycles. The van der Waals surface area contributed by atoms with E-state index in [2.05, 4.69) is 19.9 Å². The zero-order chi connectivity index (χ0) is 14.4. The fourth-order valence-corrected chi connectivity index (χ4v) is 1.96. The van der Waals surface area contributed by atoms with E-state index in [0.717, 1.165) is 0 Å². The molecule has 9 heteroatoms. The molecule has 2 aromatic heterocycles. The van der Waals surface area contributed by atoms with E-state index in [1.165, 1.54) is 48.3 Å². The minimum Gasteiger partial charge on any atom is -0.414 e. The number of ether oxygens (including phenoxy) is 2. The number of rotatable bonds is 4. The molecule has 2 aromatic rings. The van der Waals surface area contributed by atoms with E-state index in [0.29, 0.717) is 21.8 Å². The molecule has 0 fully saturated rings. The summed E-state index contributed by atoms with van der Waals surface area (Å²) >= 11 is 7.86. The van der Waals surface area contributed by atoms with Gasteiger partial charge in [0.15, 0.2) is 21.8 Å². The Kier molecular flexibility index (Phi) is 5.50. The largest absolute Gasteiger partial charge is 0.414 e. The van der Waals surface area contributed by atoms with Gasteiger partial charge < -0.3 is 9.47 Å². The topological polar surface area (TPSA) is 70.0 Å². The lowest BCUT2D eigenvalue weighted by Crippen LogP contribution is -2.14. The highest BCUT2D eigenvalue weighted by atomic mass is 32.2. The van der Waals surface area contributed by atoms with Crippen LogP contribution in [0.4, 0.5) is 0 Å². The molecule has 0 aromatic carbocycles. The second kappa shape index (κ2) is 7.36. The van der Waals surface area contributed by atoms with E-state index in [-0.39, 0.29) is 5.24 Å². The summed E-state index contributed by atoms with van der Waals surface area (Å²) in [6.45, 7) is 0. The third kappa shape index (κ3) is 4.29. The molecule has 2 rings (SSSR count). The van der Waals surface area contributed by atoms with Crippen molar-refractivity contribution < 1.29 is 9.47 Å². The van der Waals surface area contributed by atoms with Gasteiger partial charge in [-0.25, -0.2) is 19.9 Å². The second-order valence-electron chi connectivity index (χ2n) is 3.27. The predicted octanol–water partition coefficient (Wildman–Crippen LogP) is 2.45. The standard InChI is InChI=1S/C11H10N4O2S3/c1-19-9-12-3-7(4-13-9)16-11(18)17-8-5-14-10(20-2)15-6-8/h3-6H,1-2H3. The highest BCUT2D eigenvalue weighted by molar-refractivity contribution is 7.98. The van der Waals surface area contributed by atoms with Gasteiger partial charge in [-0.1, -0.05) is 23.5 Å². The maximum Gasteiger partial charge on any atom is 0.363 e. The zero-order valence-corrected chi connectivity index (χ0v) is 13.1. The normalized spacial score (nSPS) is 10.1. The summed E-state index contributed by atoms with van der Waals surface area (Å²) in [6.07, 6.45) is 9.90. The Bertz CT molecular complexity index is 526. The van der Waals surface area contributed by atoms with Crippen molar-refractivity contribution in [1.82, 2.24) is 19.9 Å². The fraction of sp³-hybridized carbons (Fsp3) is 0.182. The summed E-state index contributed by atoms with van der Waals surface area (Å²) in [5, 5.41) is 1.25. The summed E-state index contributed by atoms with van der Waals surface area (Å²) in [7, 11) is 0. The van der Waals surface area contributed by atoms with Crippen molar-refractivity contribution in [2.75, 3.05) is 12.5 Å². The molecule has 20 heavy (non-hydrogen) atoms. The number of thiocarbonyl (C=S) groups is 1. The molecule has 0 radical (unpaired) electrons. The first-order chi connectivity index (χ1) is 9.71. The van der Waals surface area contributed by atoms with Crippen molar-refractivity contribution in [1.29, 1.82) is 0 Å². The molecular weight excluding hydrogens is 316 g/mol. The Balaban J connectivity index is 1.93. The van der Waals surface area contributed by atoms with E-state index in [1.807, 2.05) is 12.5 Å². The van der Waals surface area contributed by atoms with Crippen LogP contribution in [-0.2, 0) is 0 Å². The van der Waals surface area contributed by atoms with Crippen LogP contribution in [0.25, 0.3) is 0 Å². The maximum absolute atomic E-state index is 5.29. The van der Waals surface area contributed by atoms with Crippen LogP contribution in [0, 0.1) is 0 Å². The van der Waals surface area contributed by atoms with Crippen LogP contribution in [0.5, 0.6) is 11.5 Å². The van der Waals surface area contributed by atoms with Crippen molar-refractivity contribution in [2.24, 2.45) is 0 Å². The molecule has 6 nitrogen and oxygen atoms in total. The van der Waals surface area contributed by atoms with Gasteiger partial charge in [-0.2, -0.15) is 0 Å². The van der Waals surface area contributed by atoms with Crippen LogP contribution < -0.4 is 9.47 Å². The smallest absolute Gasteiger partial charge is 0.363 e. The summed E-state index contributed by atoms with van der Waals surface area (Å²) in [5.74, 6) is 0.823. The van der Waals surface area contributed by atoms with E-state index in [9.17, 15) is 0 Å². The lowest BCUT2D eigenvalue weighted by molar-refractivity contribution is 0.397. The highest BCUT2D eigenvalue weighted by Gasteiger charge is 2.06. The molecule has 2 heterocycles. The second-order valence-corrected chi connectivity index (χ2v) is 5.15. The van der Waals surface area contributed by atoms with Crippen molar-refractivity contribution >= 4 is 41.0 Å². The van der Waals surface area contributed by atoms with Crippen LogP contribution >= 0.6 is 35.7 Å². The van der Waals surface area contributed by atoms with E-state index in [4.69, 9.17) is 21.7 Å². The third-order valence-corrected chi connectivity index (χ3v) is 3.30. The first kappa shape index (κ1) is 14.9. The monoisotopic (exact) mass is 326 g/mol. The molecule has 0 bridgehead atoms. The van der Waals surface area contributed by atoms with Crippen molar-refractivity contribution in [2.45, 2.75) is 10.3 Å². The van der Waals surface area contributed by atoms with Gasteiger partial charge >= 0.3 is 5.24 Å². The van der Waals surface area contributed by atoms with Gasteiger partial charge in [-0.3, -0.25) is 0 Å². The molecule has 104 valence electrons. The Morgan fingerprint density at radius 1 is 0.850 bits per heavy atom. The van der Waals surface area contributed by atoms with Crippen molar-refractivity contribution in [3.05, 3.63) is 24.8 Å². The fourth-order valence-electron chi connectivity index (χ4n) is 1.14. The van der Waals surface area contributed by atoms with Crippen LogP contribution in [0.2, 0.25) is 0 Å². The predicted molar refractivity (Wildman–Crippen MR) is 81.5 cm³/mol. The van der Waals surface area contributed by atoms with Crippen LogP contribution in [-0.4, -0.2) is 37.7 Å². The zero-order valence-electron chi connectivity index (χ0n) is 10.6. The minimum atomic E-state index is -0.0639. The summed E-state index contributed by atoms with van der Waals surface area (Å²) in [6, 6.07) is 0. The Hall–Kier alpha value is -1.45. The summed E-state index contributed by atoms with van der Waals surface area (Å²) in [4.78, 5) is 16.3. The van der Waals surface area contributed by atoms with Gasteiger partial charge in [0.05, 0.1) is 24.8 Å². The van der Waals surface area contributed by atoms with Gasteiger partial charge in [0, 0.05) is 12.2 Å². The Morgan fingerprint density at radius 3 is 1.50 bits per heavy atom. The van der Waals surface area contributed by atoms with E-state index < -0.39 is 0 Å². The van der Waals surface area contributed by atoms with Crippen LogP contribution in [0.15, 0.2) is 35.1 Å². The molecule has 0 spiro atoms. The summed E-state index contributed by atoms with van der Waals surface area (Å²) in [5.41, 5.74) is 0. The van der Waals surface area contributed by atoms with Crippen LogP contribution in [0.1, 0.15) is 0 Å². The molecule has 0 aliphatic carbocycles. The average Bonchev–Trinajstić information content (AvgIpc) is 2.49. The van der Waals surface area contributed by atoms with Gasteiger partial charge in [0.1, 0.15) is 0 Å². The SMILES string of the molecule is CSc1ncc(OC(=S)Oc2cnc(SC)nc2)cn1. The van der Waals surface area contributed by atoms with Gasteiger partial charge in [0.2, 0.25) is 0 Å². The first-order valence-corrected chi connectivity index (χ1v) is 8.19. The Morgan fingerprint density at radius 2 is 1.20 bits per heavy atom. The Labute approximate surface area is 129 Å². The number of aromatic nitrogens is 4. The van der Waals surface area contributed by atoms with E-state index in [1.54, 1.807) is 0 Å². The average molecular weight is 326 g/mol. The van der Waals surface area contributed by atoms with E-state index >= 15 is 0 Å². The number of hydrogen-bond acceptors (Lipinski definition) is 9. The summed E-state index contributed by atoms with van der Waals surface area (Å²) < 4.78 is 10.6. The first-order valence-electron chi connectivity index (χ1n) is 5.33. The van der Waals surface area contributed by atoms with Gasteiger partial charge in [-0.05, 0) is 12.5 Å². The minimum absolute atomic E-state index is 0.0639. The lowest BCUT2D eigenvalue weighted by Gasteiger charge is -2.07. The van der Waals surface area contributed by atoms with Crippen molar-refractivity contribution in [3.8, 4) is 11.5 Å². The quantitative estimate of drug-likeness (QED) is 0.478. The molecule has 0 atom stereocenters.